The number of benzene rings is 2. The Labute approximate surface area is 176 Å². The molecule has 9 heteroatoms. The van der Waals surface area contributed by atoms with Gasteiger partial charge in [0.15, 0.2) is 5.82 Å². The Hall–Kier alpha value is -3.96. The molecule has 2 aromatic carbocycles. The molecule has 4 rings (SSSR count). The molecular weight excluding hydrogens is 402 g/mol. The van der Waals surface area contributed by atoms with Crippen molar-refractivity contribution in [3.05, 3.63) is 75.7 Å². The lowest BCUT2D eigenvalue weighted by molar-refractivity contribution is 0.859. The summed E-state index contributed by atoms with van der Waals surface area (Å²) in [6, 6.07) is 16.3. The molecule has 8 nitrogen and oxygen atoms in total. The lowest BCUT2D eigenvalue weighted by Crippen LogP contribution is -2.30. The van der Waals surface area contributed by atoms with Crippen LogP contribution in [0, 0.1) is 11.3 Å². The van der Waals surface area contributed by atoms with Crippen LogP contribution in [0.15, 0.2) is 59.5 Å². The molecule has 4 aromatic rings. The Kier molecular flexibility index (Phi) is 5.04. The van der Waals surface area contributed by atoms with Gasteiger partial charge in [-0.3, -0.25) is 9.69 Å². The summed E-state index contributed by atoms with van der Waals surface area (Å²) in [6.07, 6.45) is 1.35. The van der Waals surface area contributed by atoms with Gasteiger partial charge >= 0.3 is 0 Å². The maximum absolute atomic E-state index is 13.5. The van der Waals surface area contributed by atoms with Crippen LogP contribution in [0.5, 0.6) is 0 Å². The highest BCUT2D eigenvalue weighted by Gasteiger charge is 2.23. The monoisotopic (exact) mass is 417 g/mol. The van der Waals surface area contributed by atoms with Crippen LogP contribution in [0.2, 0.25) is 5.02 Å². The first-order valence-electron chi connectivity index (χ1n) is 9.12. The minimum Gasteiger partial charge on any atom is -0.368 e. The van der Waals surface area contributed by atoms with Crippen LogP contribution >= 0.6 is 11.6 Å². The fourth-order valence-electron chi connectivity index (χ4n) is 3.23. The largest absolute Gasteiger partial charge is 0.368 e. The zero-order valence-corrected chi connectivity index (χ0v) is 16.7. The van der Waals surface area contributed by atoms with Gasteiger partial charge < -0.3 is 5.73 Å². The molecule has 0 spiro atoms. The van der Waals surface area contributed by atoms with E-state index in [1.165, 1.54) is 10.8 Å². The third-order valence-corrected chi connectivity index (χ3v) is 4.88. The van der Waals surface area contributed by atoms with Crippen molar-refractivity contribution >= 4 is 40.2 Å². The first-order chi connectivity index (χ1) is 14.5. The summed E-state index contributed by atoms with van der Waals surface area (Å²) in [5.41, 5.74) is 6.70. The van der Waals surface area contributed by atoms with E-state index in [2.05, 4.69) is 16.0 Å². The lowest BCUT2D eigenvalue weighted by Gasteiger charge is -2.25. The minimum absolute atomic E-state index is 0.0138. The average Bonchev–Trinajstić information content (AvgIpc) is 2.75. The van der Waals surface area contributed by atoms with Crippen molar-refractivity contribution in [3.63, 3.8) is 0 Å². The smallest absolute Gasteiger partial charge is 0.268 e. The summed E-state index contributed by atoms with van der Waals surface area (Å²) in [5.74, 6) is 0.573. The van der Waals surface area contributed by atoms with E-state index in [1.54, 1.807) is 35.2 Å². The maximum Gasteiger partial charge on any atom is 0.268 e. The van der Waals surface area contributed by atoms with Crippen LogP contribution in [-0.2, 0) is 0 Å². The molecule has 0 unspecified atom stereocenters. The van der Waals surface area contributed by atoms with E-state index in [1.807, 2.05) is 25.1 Å². The first kappa shape index (κ1) is 19.4. The van der Waals surface area contributed by atoms with E-state index in [0.717, 1.165) is 0 Å². The van der Waals surface area contributed by atoms with Gasteiger partial charge in [0.25, 0.3) is 5.56 Å². The average molecular weight is 418 g/mol. The van der Waals surface area contributed by atoms with Crippen LogP contribution in [-0.4, -0.2) is 26.1 Å². The van der Waals surface area contributed by atoms with Crippen LogP contribution < -0.4 is 16.2 Å². The normalized spacial score (nSPS) is 10.7. The van der Waals surface area contributed by atoms with Crippen molar-refractivity contribution in [2.24, 2.45) is 0 Å². The molecule has 0 radical (unpaired) electrons. The molecule has 0 aliphatic heterocycles. The summed E-state index contributed by atoms with van der Waals surface area (Å²) in [6.45, 7) is 2.24. The zero-order chi connectivity index (χ0) is 21.3. The van der Waals surface area contributed by atoms with Gasteiger partial charge in [-0.25, -0.2) is 14.5 Å². The molecule has 0 fully saturated rings. The molecule has 0 amide bonds. The second-order valence-corrected chi connectivity index (χ2v) is 6.75. The Morgan fingerprint density at radius 2 is 1.93 bits per heavy atom. The van der Waals surface area contributed by atoms with Gasteiger partial charge in [0.1, 0.15) is 11.6 Å². The number of halogens is 1. The van der Waals surface area contributed by atoms with E-state index < -0.39 is 0 Å². The van der Waals surface area contributed by atoms with Crippen molar-refractivity contribution in [2.45, 2.75) is 6.92 Å². The third kappa shape index (κ3) is 3.21. The standard InChI is InChI=1S/C21H16ClN7O/c1-2-28(18-13(11-23)12-25-20(24)27-18)21-26-16-10-6-9-15(22)17(16)19(30)29(21)14-7-4-3-5-8-14/h3-10,12H,2H2,1H3,(H2,24,25,27). The summed E-state index contributed by atoms with van der Waals surface area (Å²) in [4.78, 5) is 28.0. The molecule has 0 saturated heterocycles. The van der Waals surface area contributed by atoms with Gasteiger partial charge in [-0.05, 0) is 31.2 Å². The van der Waals surface area contributed by atoms with Gasteiger partial charge in [0.05, 0.1) is 27.8 Å². The quantitative estimate of drug-likeness (QED) is 0.540. The number of rotatable bonds is 4. The summed E-state index contributed by atoms with van der Waals surface area (Å²) in [7, 11) is 0. The van der Waals surface area contributed by atoms with Crippen LogP contribution in [0.1, 0.15) is 12.5 Å². The molecule has 0 atom stereocenters. The van der Waals surface area contributed by atoms with Crippen molar-refractivity contribution in [2.75, 3.05) is 17.2 Å². The van der Waals surface area contributed by atoms with E-state index in [-0.39, 0.29) is 28.8 Å². The van der Waals surface area contributed by atoms with Gasteiger partial charge in [-0.1, -0.05) is 35.9 Å². The summed E-state index contributed by atoms with van der Waals surface area (Å²) in [5, 5.41) is 10.2. The van der Waals surface area contributed by atoms with E-state index in [4.69, 9.17) is 22.3 Å². The predicted molar refractivity (Wildman–Crippen MR) is 116 cm³/mol. The molecule has 0 aliphatic carbocycles. The molecule has 2 aromatic heterocycles. The van der Waals surface area contributed by atoms with E-state index in [0.29, 0.717) is 28.2 Å². The number of nitrogens with zero attached hydrogens (tertiary/aromatic N) is 6. The molecular formula is C21H16ClN7O. The van der Waals surface area contributed by atoms with Gasteiger partial charge in [0, 0.05) is 6.54 Å². The number of aromatic nitrogens is 4. The Morgan fingerprint density at radius 1 is 1.17 bits per heavy atom. The zero-order valence-electron chi connectivity index (χ0n) is 16.0. The molecule has 30 heavy (non-hydrogen) atoms. The number of anilines is 3. The van der Waals surface area contributed by atoms with Crippen molar-refractivity contribution in [1.82, 2.24) is 19.5 Å². The summed E-state index contributed by atoms with van der Waals surface area (Å²) < 4.78 is 1.46. The topological polar surface area (TPSA) is 114 Å². The number of hydrogen-bond donors (Lipinski definition) is 1. The second-order valence-electron chi connectivity index (χ2n) is 6.34. The fourth-order valence-corrected chi connectivity index (χ4v) is 3.48. The van der Waals surface area contributed by atoms with Gasteiger partial charge in [-0.2, -0.15) is 10.2 Å². The second kappa shape index (κ2) is 7.81. The van der Waals surface area contributed by atoms with Crippen LogP contribution in [0.3, 0.4) is 0 Å². The highest BCUT2D eigenvalue weighted by molar-refractivity contribution is 6.35. The first-order valence-corrected chi connectivity index (χ1v) is 9.49. The molecule has 0 saturated carbocycles. The Morgan fingerprint density at radius 3 is 2.63 bits per heavy atom. The van der Waals surface area contributed by atoms with Gasteiger partial charge in [0.2, 0.25) is 11.9 Å². The number of hydrogen-bond acceptors (Lipinski definition) is 7. The predicted octanol–water partition coefficient (Wildman–Crippen LogP) is 3.44. The number of para-hydroxylation sites is 1. The van der Waals surface area contributed by atoms with E-state index >= 15 is 0 Å². The highest BCUT2D eigenvalue weighted by atomic mass is 35.5. The number of nitrogen functional groups attached to an aromatic ring is 1. The maximum atomic E-state index is 13.5. The molecule has 0 bridgehead atoms. The highest BCUT2D eigenvalue weighted by Crippen LogP contribution is 2.29. The Bertz CT molecular complexity index is 1350. The van der Waals surface area contributed by atoms with Crippen LogP contribution in [0.25, 0.3) is 16.6 Å². The molecule has 0 aliphatic rings. The fraction of sp³-hybridized carbons (Fsp3) is 0.0952. The molecule has 148 valence electrons. The Balaban J connectivity index is 2.11. The lowest BCUT2D eigenvalue weighted by atomic mass is 10.2. The SMILES string of the molecule is CCN(c1nc(N)ncc1C#N)c1nc2cccc(Cl)c2c(=O)n1-c1ccccc1. The third-order valence-electron chi connectivity index (χ3n) is 4.56. The van der Waals surface area contributed by atoms with Crippen molar-refractivity contribution in [3.8, 4) is 11.8 Å². The summed E-state index contributed by atoms with van der Waals surface area (Å²) >= 11 is 6.33. The minimum atomic E-state index is -0.328. The van der Waals surface area contributed by atoms with Crippen molar-refractivity contribution in [1.29, 1.82) is 5.26 Å². The number of nitriles is 1. The van der Waals surface area contributed by atoms with E-state index in [9.17, 15) is 10.1 Å². The molecule has 2 N–H and O–H groups in total. The van der Waals surface area contributed by atoms with Crippen LogP contribution in [0.4, 0.5) is 17.7 Å². The number of nitrogens with two attached hydrogens (primary N) is 1. The van der Waals surface area contributed by atoms with Gasteiger partial charge in [-0.15, -0.1) is 0 Å². The molecule has 2 heterocycles. The number of fused-ring (bicyclic) bond motifs is 1. The van der Waals surface area contributed by atoms with Crippen molar-refractivity contribution < 1.29 is 0 Å².